The molecule has 1 fully saturated rings. The van der Waals surface area contributed by atoms with E-state index in [1.165, 1.54) is 0 Å². The average Bonchev–Trinajstić information content (AvgIpc) is 3.11. The summed E-state index contributed by atoms with van der Waals surface area (Å²) in [5.74, 6) is 0.920. The van der Waals surface area contributed by atoms with Gasteiger partial charge in [-0.1, -0.05) is 13.8 Å². The van der Waals surface area contributed by atoms with Crippen molar-refractivity contribution >= 4 is 27.1 Å². The third-order valence-electron chi connectivity index (χ3n) is 4.29. The van der Waals surface area contributed by atoms with Crippen molar-refractivity contribution in [3.63, 3.8) is 0 Å². The number of amides is 1. The molecule has 0 spiro atoms. The number of aromatic nitrogens is 1. The summed E-state index contributed by atoms with van der Waals surface area (Å²) in [6.45, 7) is 5.41. The van der Waals surface area contributed by atoms with Crippen LogP contribution in [-0.2, 0) is 21.1 Å². The van der Waals surface area contributed by atoms with Crippen LogP contribution >= 0.6 is 11.3 Å². The van der Waals surface area contributed by atoms with E-state index in [4.69, 9.17) is 0 Å². The summed E-state index contributed by atoms with van der Waals surface area (Å²) in [5.41, 5.74) is 1.03. The maximum Gasteiger partial charge on any atom is 0.221 e. The molecule has 0 bridgehead atoms. The van der Waals surface area contributed by atoms with Crippen LogP contribution in [0.2, 0.25) is 0 Å². The first-order valence-electron chi connectivity index (χ1n) is 8.38. The van der Waals surface area contributed by atoms with E-state index < -0.39 is 9.84 Å². The topological polar surface area (TPSA) is 79.4 Å². The Hall–Kier alpha value is -0.990. The average molecular weight is 374 g/mol. The van der Waals surface area contributed by atoms with Gasteiger partial charge < -0.3 is 10.2 Å². The summed E-state index contributed by atoms with van der Waals surface area (Å²) >= 11 is 1.66. The van der Waals surface area contributed by atoms with Crippen molar-refractivity contribution in [2.24, 2.45) is 0 Å². The van der Waals surface area contributed by atoms with Crippen LogP contribution in [0.5, 0.6) is 0 Å². The maximum atomic E-state index is 11.9. The van der Waals surface area contributed by atoms with E-state index >= 15 is 0 Å². The fourth-order valence-corrected chi connectivity index (χ4v) is 5.38. The van der Waals surface area contributed by atoms with E-state index in [0.29, 0.717) is 31.8 Å². The van der Waals surface area contributed by atoms with Crippen LogP contribution in [-0.4, -0.2) is 61.9 Å². The van der Waals surface area contributed by atoms with Gasteiger partial charge in [0.2, 0.25) is 5.91 Å². The summed E-state index contributed by atoms with van der Waals surface area (Å²) in [7, 11) is -0.986. The predicted octanol–water partition coefficient (Wildman–Crippen LogP) is 1.43. The van der Waals surface area contributed by atoms with E-state index in [0.717, 1.165) is 17.1 Å². The van der Waals surface area contributed by atoms with E-state index in [2.05, 4.69) is 29.5 Å². The first-order valence-corrected chi connectivity index (χ1v) is 11.1. The van der Waals surface area contributed by atoms with Crippen molar-refractivity contribution in [2.75, 3.05) is 31.6 Å². The van der Waals surface area contributed by atoms with Gasteiger partial charge in [-0.15, -0.1) is 11.3 Å². The van der Waals surface area contributed by atoms with E-state index in [1.807, 2.05) is 11.9 Å². The molecule has 1 amide bonds. The van der Waals surface area contributed by atoms with Gasteiger partial charge in [-0.25, -0.2) is 13.4 Å². The number of thiazole rings is 1. The first-order chi connectivity index (χ1) is 11.3. The number of nitrogens with zero attached hydrogens (tertiary/aromatic N) is 2. The molecule has 1 aliphatic heterocycles. The molecule has 1 saturated heterocycles. The highest BCUT2D eigenvalue weighted by Crippen LogP contribution is 2.19. The van der Waals surface area contributed by atoms with Crippen LogP contribution in [0, 0.1) is 0 Å². The first kappa shape index (κ1) is 19.3. The van der Waals surface area contributed by atoms with Crippen molar-refractivity contribution in [3.8, 4) is 0 Å². The van der Waals surface area contributed by atoms with Crippen molar-refractivity contribution in [2.45, 2.75) is 45.1 Å². The molecule has 0 radical (unpaired) electrons. The van der Waals surface area contributed by atoms with Gasteiger partial charge in [-0.3, -0.25) is 4.79 Å². The van der Waals surface area contributed by atoms with Crippen LogP contribution in [0.3, 0.4) is 0 Å². The van der Waals surface area contributed by atoms with Gasteiger partial charge in [0.15, 0.2) is 9.84 Å². The minimum atomic E-state index is -2.88. The van der Waals surface area contributed by atoms with Gasteiger partial charge in [0.05, 0.1) is 22.2 Å². The van der Waals surface area contributed by atoms with Crippen LogP contribution in [0.4, 0.5) is 0 Å². The molecule has 2 heterocycles. The lowest BCUT2D eigenvalue weighted by atomic mass is 10.2. The zero-order valence-electron chi connectivity index (χ0n) is 14.6. The predicted molar refractivity (Wildman–Crippen MR) is 97.2 cm³/mol. The van der Waals surface area contributed by atoms with E-state index in [1.54, 1.807) is 11.3 Å². The number of nitrogens with one attached hydrogen (secondary N) is 1. The normalized spacial score (nSPS) is 20.0. The Kier molecular flexibility index (Phi) is 6.77. The summed E-state index contributed by atoms with van der Waals surface area (Å²) in [6, 6.07) is 0.0484. The van der Waals surface area contributed by atoms with Crippen LogP contribution in [0.25, 0.3) is 0 Å². The molecule has 1 aromatic heterocycles. The van der Waals surface area contributed by atoms with Gasteiger partial charge in [0.1, 0.15) is 0 Å². The summed E-state index contributed by atoms with van der Waals surface area (Å²) in [6.07, 6.45) is 1.80. The van der Waals surface area contributed by atoms with Crippen LogP contribution < -0.4 is 5.32 Å². The smallest absolute Gasteiger partial charge is 0.221 e. The molecule has 8 heteroatoms. The number of rotatable bonds is 8. The highest BCUT2D eigenvalue weighted by Gasteiger charge is 2.30. The van der Waals surface area contributed by atoms with Gasteiger partial charge in [0.25, 0.3) is 0 Å². The molecule has 1 aliphatic rings. The second kappa shape index (κ2) is 8.40. The molecule has 1 unspecified atom stereocenters. The molecule has 1 atom stereocenters. The Labute approximate surface area is 148 Å². The quantitative estimate of drug-likeness (QED) is 0.746. The molecule has 1 N–H and O–H groups in total. The van der Waals surface area contributed by atoms with E-state index in [9.17, 15) is 13.2 Å². The van der Waals surface area contributed by atoms with E-state index in [-0.39, 0.29) is 23.5 Å². The Balaban J connectivity index is 1.64. The molecule has 0 saturated carbocycles. The second-order valence-electron chi connectivity index (χ2n) is 6.72. The lowest BCUT2D eigenvalue weighted by molar-refractivity contribution is -0.121. The van der Waals surface area contributed by atoms with Crippen LogP contribution in [0.15, 0.2) is 5.38 Å². The number of carbonyl (C=O) groups excluding carboxylic acids is 1. The SMILES string of the molecule is CC(C)c1nc(CCNC(=O)CCN(C)C2CCS(=O)(=O)C2)cs1. The van der Waals surface area contributed by atoms with Crippen LogP contribution in [0.1, 0.15) is 43.3 Å². The molecular formula is C16H27N3O3S2. The zero-order valence-corrected chi connectivity index (χ0v) is 16.3. The summed E-state index contributed by atoms with van der Waals surface area (Å²) < 4.78 is 23.0. The highest BCUT2D eigenvalue weighted by molar-refractivity contribution is 7.91. The lowest BCUT2D eigenvalue weighted by Gasteiger charge is -2.22. The molecule has 1 aromatic rings. The molecule has 0 aromatic carbocycles. The molecule has 0 aliphatic carbocycles. The third kappa shape index (κ3) is 5.82. The van der Waals surface area contributed by atoms with Gasteiger partial charge >= 0.3 is 0 Å². The third-order valence-corrected chi connectivity index (χ3v) is 7.23. The van der Waals surface area contributed by atoms with Crippen molar-refractivity contribution in [1.82, 2.24) is 15.2 Å². The Morgan fingerprint density at radius 3 is 2.83 bits per heavy atom. The Bertz CT molecular complexity index is 655. The minimum Gasteiger partial charge on any atom is -0.356 e. The monoisotopic (exact) mass is 373 g/mol. The fraction of sp³-hybridized carbons (Fsp3) is 0.750. The standard InChI is InChI=1S/C16H27N3O3S2/c1-12(2)16-18-13(10-23-16)4-7-17-15(20)5-8-19(3)14-6-9-24(21,22)11-14/h10,12,14H,4-9,11H2,1-3H3,(H,17,20). The zero-order chi connectivity index (χ0) is 17.7. The van der Waals surface area contributed by atoms with Gasteiger partial charge in [-0.05, 0) is 13.5 Å². The van der Waals surface area contributed by atoms with Gasteiger partial charge in [0, 0.05) is 43.3 Å². The van der Waals surface area contributed by atoms with Crippen molar-refractivity contribution in [1.29, 1.82) is 0 Å². The summed E-state index contributed by atoms with van der Waals surface area (Å²) in [4.78, 5) is 18.5. The second-order valence-corrected chi connectivity index (χ2v) is 9.84. The number of carbonyl (C=O) groups is 1. The highest BCUT2D eigenvalue weighted by atomic mass is 32.2. The van der Waals surface area contributed by atoms with Crippen molar-refractivity contribution < 1.29 is 13.2 Å². The largest absolute Gasteiger partial charge is 0.356 e. The molecule has 136 valence electrons. The number of hydrogen-bond donors (Lipinski definition) is 1. The molecule has 2 rings (SSSR count). The fourth-order valence-electron chi connectivity index (χ4n) is 2.70. The molecule has 6 nitrogen and oxygen atoms in total. The molecule has 24 heavy (non-hydrogen) atoms. The Morgan fingerprint density at radius 2 is 2.25 bits per heavy atom. The number of sulfone groups is 1. The number of hydrogen-bond acceptors (Lipinski definition) is 6. The Morgan fingerprint density at radius 1 is 1.50 bits per heavy atom. The maximum absolute atomic E-state index is 11.9. The minimum absolute atomic E-state index is 0.00187. The lowest BCUT2D eigenvalue weighted by Crippen LogP contribution is -2.36. The van der Waals surface area contributed by atoms with Crippen molar-refractivity contribution in [3.05, 3.63) is 16.1 Å². The molecular weight excluding hydrogens is 346 g/mol. The summed E-state index contributed by atoms with van der Waals surface area (Å²) in [5, 5.41) is 6.09. The van der Waals surface area contributed by atoms with Gasteiger partial charge in [-0.2, -0.15) is 0 Å².